The average molecular weight is 314 g/mol. The van der Waals surface area contributed by atoms with Crippen LogP contribution in [0.2, 0.25) is 0 Å². The van der Waals surface area contributed by atoms with Gasteiger partial charge in [-0.05, 0) is 43.5 Å². The number of anilines is 1. The molecule has 0 saturated heterocycles. The van der Waals surface area contributed by atoms with E-state index in [2.05, 4.69) is 10.6 Å². The predicted molar refractivity (Wildman–Crippen MR) is 87.8 cm³/mol. The summed E-state index contributed by atoms with van der Waals surface area (Å²) in [4.78, 5) is 23.4. The van der Waals surface area contributed by atoms with Gasteiger partial charge in [0.1, 0.15) is 0 Å². The Balaban J connectivity index is 0.00000400. The molecule has 0 bridgehead atoms. The maximum Gasteiger partial charge on any atom is 0.251 e. The number of hydrogen-bond donors (Lipinski definition) is 3. The molecule has 118 valence electrons. The molecule has 4 N–H and O–H groups in total. The molecule has 1 aromatic carbocycles. The fourth-order valence-electron chi connectivity index (χ4n) is 1.82. The highest BCUT2D eigenvalue weighted by Crippen LogP contribution is 2.11. The topological polar surface area (TPSA) is 84.2 Å². The van der Waals surface area contributed by atoms with Gasteiger partial charge in [-0.15, -0.1) is 12.4 Å². The lowest BCUT2D eigenvalue weighted by Crippen LogP contribution is -2.36. The van der Waals surface area contributed by atoms with Crippen LogP contribution >= 0.6 is 12.4 Å². The number of nitrogens with two attached hydrogens (primary N) is 1. The summed E-state index contributed by atoms with van der Waals surface area (Å²) in [7, 11) is 0. The summed E-state index contributed by atoms with van der Waals surface area (Å²) in [6.45, 7) is 6.49. The lowest BCUT2D eigenvalue weighted by molar-refractivity contribution is -0.117. The largest absolute Gasteiger partial charge is 0.352 e. The summed E-state index contributed by atoms with van der Waals surface area (Å²) in [6.07, 6.45) is 0.642. The van der Waals surface area contributed by atoms with E-state index in [1.165, 1.54) is 0 Å². The summed E-state index contributed by atoms with van der Waals surface area (Å²) in [5, 5.41) is 5.47. The molecule has 0 aliphatic rings. The summed E-state index contributed by atoms with van der Waals surface area (Å²) in [5.74, 6) is 0.0437. The van der Waals surface area contributed by atoms with Gasteiger partial charge in [0.25, 0.3) is 5.91 Å². The van der Waals surface area contributed by atoms with Gasteiger partial charge in [-0.2, -0.15) is 0 Å². The molecule has 6 heteroatoms. The van der Waals surface area contributed by atoms with Gasteiger partial charge < -0.3 is 16.4 Å². The van der Waals surface area contributed by atoms with Crippen LogP contribution in [0.5, 0.6) is 0 Å². The number of amides is 2. The fraction of sp³-hybridized carbons (Fsp3) is 0.467. The number of carbonyl (C=O) groups excluding carboxylic acids is 2. The van der Waals surface area contributed by atoms with E-state index in [0.717, 1.165) is 0 Å². The number of benzene rings is 1. The summed E-state index contributed by atoms with van der Waals surface area (Å²) in [6, 6.07) is 6.23. The molecular weight excluding hydrogens is 290 g/mol. The van der Waals surface area contributed by atoms with E-state index < -0.39 is 6.04 Å². The van der Waals surface area contributed by atoms with Crippen molar-refractivity contribution in [3.63, 3.8) is 0 Å². The second kappa shape index (κ2) is 9.37. The highest BCUT2D eigenvalue weighted by Gasteiger charge is 2.15. The van der Waals surface area contributed by atoms with Gasteiger partial charge >= 0.3 is 0 Å². The van der Waals surface area contributed by atoms with Crippen LogP contribution in [0.3, 0.4) is 0 Å². The van der Waals surface area contributed by atoms with Gasteiger partial charge in [0.15, 0.2) is 0 Å². The first-order valence-corrected chi connectivity index (χ1v) is 6.88. The molecule has 2 amide bonds. The Hall–Kier alpha value is -1.59. The maximum atomic E-state index is 11.9. The molecule has 21 heavy (non-hydrogen) atoms. The van der Waals surface area contributed by atoms with Gasteiger partial charge in [-0.1, -0.05) is 13.8 Å². The fourth-order valence-corrected chi connectivity index (χ4v) is 1.82. The minimum Gasteiger partial charge on any atom is -0.352 e. The molecule has 0 fully saturated rings. The quantitative estimate of drug-likeness (QED) is 0.752. The highest BCUT2D eigenvalue weighted by atomic mass is 35.5. The Labute approximate surface area is 132 Å². The molecule has 0 spiro atoms. The first-order valence-electron chi connectivity index (χ1n) is 6.88. The molecule has 5 nitrogen and oxygen atoms in total. The Morgan fingerprint density at radius 1 is 1.19 bits per heavy atom. The number of nitrogens with one attached hydrogen (secondary N) is 2. The van der Waals surface area contributed by atoms with Crippen LogP contribution in [0.1, 0.15) is 37.6 Å². The summed E-state index contributed by atoms with van der Waals surface area (Å²) >= 11 is 0. The van der Waals surface area contributed by atoms with Crippen LogP contribution in [-0.2, 0) is 4.79 Å². The molecule has 0 aliphatic carbocycles. The van der Waals surface area contributed by atoms with E-state index in [9.17, 15) is 9.59 Å². The van der Waals surface area contributed by atoms with E-state index in [4.69, 9.17) is 5.73 Å². The van der Waals surface area contributed by atoms with Crippen LogP contribution in [0.25, 0.3) is 0 Å². The molecule has 1 atom stereocenters. The van der Waals surface area contributed by atoms with Gasteiger partial charge in [-0.3, -0.25) is 9.59 Å². The van der Waals surface area contributed by atoms with Crippen molar-refractivity contribution >= 4 is 29.9 Å². The Morgan fingerprint density at radius 2 is 1.76 bits per heavy atom. The lowest BCUT2D eigenvalue weighted by Gasteiger charge is -2.14. The minimum absolute atomic E-state index is 0. The van der Waals surface area contributed by atoms with Crippen molar-refractivity contribution in [2.24, 2.45) is 11.7 Å². The zero-order valence-corrected chi connectivity index (χ0v) is 13.5. The van der Waals surface area contributed by atoms with Crippen molar-refractivity contribution in [3.05, 3.63) is 29.8 Å². The van der Waals surface area contributed by atoms with Crippen molar-refractivity contribution in [2.45, 2.75) is 33.2 Å². The van der Waals surface area contributed by atoms with Crippen molar-refractivity contribution in [2.75, 3.05) is 11.9 Å². The molecule has 0 heterocycles. The molecule has 1 aromatic rings. The molecule has 1 rings (SSSR count). The third-order valence-corrected chi connectivity index (χ3v) is 2.81. The third-order valence-electron chi connectivity index (χ3n) is 2.81. The lowest BCUT2D eigenvalue weighted by atomic mass is 10.0. The zero-order valence-electron chi connectivity index (χ0n) is 12.7. The summed E-state index contributed by atoms with van der Waals surface area (Å²) < 4.78 is 0. The smallest absolute Gasteiger partial charge is 0.251 e. The number of carbonyl (C=O) groups is 2. The van der Waals surface area contributed by atoms with Crippen LogP contribution < -0.4 is 16.4 Å². The highest BCUT2D eigenvalue weighted by molar-refractivity contribution is 5.97. The van der Waals surface area contributed by atoms with Crippen LogP contribution in [-0.4, -0.2) is 24.4 Å². The third kappa shape index (κ3) is 6.60. The maximum absolute atomic E-state index is 11.9. The van der Waals surface area contributed by atoms with E-state index in [1.54, 1.807) is 24.3 Å². The Morgan fingerprint density at radius 3 is 2.24 bits per heavy atom. The monoisotopic (exact) mass is 313 g/mol. The summed E-state index contributed by atoms with van der Waals surface area (Å²) in [5.41, 5.74) is 7.01. The van der Waals surface area contributed by atoms with E-state index in [-0.39, 0.29) is 24.2 Å². The van der Waals surface area contributed by atoms with Crippen molar-refractivity contribution in [1.82, 2.24) is 5.32 Å². The second-order valence-corrected chi connectivity index (χ2v) is 5.16. The van der Waals surface area contributed by atoms with Crippen molar-refractivity contribution in [1.29, 1.82) is 0 Å². The Bertz CT molecular complexity index is 460. The molecule has 0 radical (unpaired) electrons. The standard InChI is InChI=1S/C15H23N3O2.ClH/c1-4-17-14(19)11-5-7-12(8-6-11)18-15(20)13(16)9-10(2)3;/h5-8,10,13H,4,9,16H2,1-3H3,(H,17,19)(H,18,20);1H/t13-;/m0./s1. The van der Waals surface area contributed by atoms with E-state index in [1.807, 2.05) is 20.8 Å². The number of halogens is 1. The van der Waals surface area contributed by atoms with Gasteiger partial charge in [0, 0.05) is 17.8 Å². The molecule has 0 saturated carbocycles. The van der Waals surface area contributed by atoms with Crippen molar-refractivity contribution in [3.8, 4) is 0 Å². The molecule has 0 aromatic heterocycles. The molecule has 0 unspecified atom stereocenters. The van der Waals surface area contributed by atoms with Crippen molar-refractivity contribution < 1.29 is 9.59 Å². The van der Waals surface area contributed by atoms with Gasteiger partial charge in [0.05, 0.1) is 6.04 Å². The van der Waals surface area contributed by atoms with Gasteiger partial charge in [-0.25, -0.2) is 0 Å². The van der Waals surface area contributed by atoms with E-state index >= 15 is 0 Å². The normalized spacial score (nSPS) is 11.5. The average Bonchev–Trinajstić information content (AvgIpc) is 2.39. The predicted octanol–water partition coefficient (Wildman–Crippen LogP) is 2.17. The van der Waals surface area contributed by atoms with Gasteiger partial charge in [0.2, 0.25) is 5.91 Å². The number of hydrogen-bond acceptors (Lipinski definition) is 3. The minimum atomic E-state index is -0.516. The van der Waals surface area contributed by atoms with Crippen LogP contribution in [0.15, 0.2) is 24.3 Å². The number of rotatable bonds is 6. The molecule has 0 aliphatic heterocycles. The molecular formula is C15H24ClN3O2. The van der Waals surface area contributed by atoms with Crippen LogP contribution in [0, 0.1) is 5.92 Å². The second-order valence-electron chi connectivity index (χ2n) is 5.16. The zero-order chi connectivity index (χ0) is 15.1. The first-order chi connectivity index (χ1) is 9.43. The van der Waals surface area contributed by atoms with E-state index in [0.29, 0.717) is 30.1 Å². The first kappa shape index (κ1) is 19.4. The van der Waals surface area contributed by atoms with Crippen LogP contribution in [0.4, 0.5) is 5.69 Å². The Kier molecular flexibility index (Phi) is 8.66. The SMILES string of the molecule is CCNC(=O)c1ccc(NC(=O)[C@@H](N)CC(C)C)cc1.Cl.